The van der Waals surface area contributed by atoms with Gasteiger partial charge in [0.1, 0.15) is 0 Å². The SMILES string of the molecule is Cc1ccc(C2(C(=O)O)CC2CO)cc1C. The molecule has 86 valence electrons. The number of hydrogen-bond acceptors (Lipinski definition) is 2. The lowest BCUT2D eigenvalue weighted by molar-refractivity contribution is -0.140. The summed E-state index contributed by atoms with van der Waals surface area (Å²) in [6.07, 6.45) is 0.543. The molecule has 0 aromatic heterocycles. The van der Waals surface area contributed by atoms with Crippen LogP contribution in [0.5, 0.6) is 0 Å². The minimum atomic E-state index is -0.840. The number of benzene rings is 1. The van der Waals surface area contributed by atoms with Crippen LogP contribution in [0.2, 0.25) is 0 Å². The van der Waals surface area contributed by atoms with E-state index in [2.05, 4.69) is 0 Å². The van der Waals surface area contributed by atoms with Gasteiger partial charge < -0.3 is 10.2 Å². The van der Waals surface area contributed by atoms with E-state index in [-0.39, 0.29) is 12.5 Å². The molecule has 1 aromatic carbocycles. The van der Waals surface area contributed by atoms with Crippen molar-refractivity contribution in [3.63, 3.8) is 0 Å². The Balaban J connectivity index is 2.43. The van der Waals surface area contributed by atoms with Crippen molar-refractivity contribution in [2.24, 2.45) is 5.92 Å². The standard InChI is InChI=1S/C13H16O3/c1-8-3-4-10(5-9(8)2)13(12(15)16)6-11(13)7-14/h3-5,11,14H,6-7H2,1-2H3,(H,15,16). The first-order valence-corrected chi connectivity index (χ1v) is 5.44. The number of hydrogen-bond donors (Lipinski definition) is 2. The third kappa shape index (κ3) is 1.43. The molecule has 1 aromatic rings. The Labute approximate surface area is 94.7 Å². The maximum Gasteiger partial charge on any atom is 0.314 e. The zero-order valence-corrected chi connectivity index (χ0v) is 9.53. The van der Waals surface area contributed by atoms with Crippen molar-refractivity contribution in [2.75, 3.05) is 6.61 Å². The van der Waals surface area contributed by atoms with Gasteiger partial charge in [0.25, 0.3) is 0 Å². The summed E-state index contributed by atoms with van der Waals surface area (Å²) in [4.78, 5) is 11.3. The molecule has 3 nitrogen and oxygen atoms in total. The third-order valence-corrected chi connectivity index (χ3v) is 3.73. The highest BCUT2D eigenvalue weighted by Gasteiger charge is 2.61. The maximum absolute atomic E-state index is 11.3. The van der Waals surface area contributed by atoms with Gasteiger partial charge in [0, 0.05) is 12.5 Å². The molecular formula is C13H16O3. The van der Waals surface area contributed by atoms with Crippen molar-refractivity contribution < 1.29 is 15.0 Å². The van der Waals surface area contributed by atoms with Crippen LogP contribution in [0.3, 0.4) is 0 Å². The second-order valence-corrected chi connectivity index (χ2v) is 4.66. The van der Waals surface area contributed by atoms with Crippen molar-refractivity contribution >= 4 is 5.97 Å². The number of carboxylic acid groups (broad SMARTS) is 1. The highest BCUT2D eigenvalue weighted by molar-refractivity contribution is 5.86. The molecule has 3 heteroatoms. The summed E-state index contributed by atoms with van der Waals surface area (Å²) in [5, 5.41) is 18.4. The number of carboxylic acids is 1. The molecule has 1 aliphatic rings. The summed E-state index contributed by atoms with van der Waals surface area (Å²) in [6, 6.07) is 5.74. The van der Waals surface area contributed by atoms with Crippen LogP contribution >= 0.6 is 0 Å². The van der Waals surface area contributed by atoms with Crippen LogP contribution in [0.15, 0.2) is 18.2 Å². The minimum absolute atomic E-state index is 0.0563. The van der Waals surface area contributed by atoms with Crippen LogP contribution in [0.25, 0.3) is 0 Å². The third-order valence-electron chi connectivity index (χ3n) is 3.73. The average Bonchev–Trinajstić information content (AvgIpc) is 2.98. The Morgan fingerprint density at radius 3 is 2.56 bits per heavy atom. The van der Waals surface area contributed by atoms with E-state index in [0.717, 1.165) is 16.7 Å². The monoisotopic (exact) mass is 220 g/mol. The quantitative estimate of drug-likeness (QED) is 0.814. The van der Waals surface area contributed by atoms with Crippen molar-refractivity contribution in [2.45, 2.75) is 25.7 Å². The van der Waals surface area contributed by atoms with E-state index in [1.165, 1.54) is 0 Å². The van der Waals surface area contributed by atoms with Crippen LogP contribution in [-0.2, 0) is 10.2 Å². The molecule has 0 heterocycles. The Kier molecular flexibility index (Phi) is 2.50. The number of aliphatic hydroxyl groups is 1. The van der Waals surface area contributed by atoms with E-state index >= 15 is 0 Å². The number of carbonyl (C=O) groups is 1. The zero-order valence-electron chi connectivity index (χ0n) is 9.53. The van der Waals surface area contributed by atoms with Crippen LogP contribution in [0.1, 0.15) is 23.1 Å². The number of rotatable bonds is 3. The van der Waals surface area contributed by atoms with Gasteiger partial charge in [-0.1, -0.05) is 18.2 Å². The second kappa shape index (κ2) is 3.59. The Morgan fingerprint density at radius 1 is 1.44 bits per heavy atom. The molecule has 0 bridgehead atoms. The molecule has 0 amide bonds. The van der Waals surface area contributed by atoms with Gasteiger partial charge in [-0.15, -0.1) is 0 Å². The van der Waals surface area contributed by atoms with Crippen molar-refractivity contribution in [3.8, 4) is 0 Å². The van der Waals surface area contributed by atoms with Crippen LogP contribution in [-0.4, -0.2) is 22.8 Å². The van der Waals surface area contributed by atoms with Gasteiger partial charge in [-0.3, -0.25) is 4.79 Å². The summed E-state index contributed by atoms with van der Waals surface area (Å²) < 4.78 is 0. The second-order valence-electron chi connectivity index (χ2n) is 4.66. The molecule has 0 aliphatic heterocycles. The van der Waals surface area contributed by atoms with E-state index in [1.807, 2.05) is 32.0 Å². The van der Waals surface area contributed by atoms with E-state index < -0.39 is 11.4 Å². The van der Waals surface area contributed by atoms with Gasteiger partial charge >= 0.3 is 5.97 Å². The molecular weight excluding hydrogens is 204 g/mol. The van der Waals surface area contributed by atoms with Gasteiger partial charge in [0.15, 0.2) is 0 Å². The largest absolute Gasteiger partial charge is 0.481 e. The lowest BCUT2D eigenvalue weighted by Crippen LogP contribution is -2.23. The maximum atomic E-state index is 11.3. The molecule has 16 heavy (non-hydrogen) atoms. The molecule has 2 unspecified atom stereocenters. The first-order valence-electron chi connectivity index (χ1n) is 5.44. The topological polar surface area (TPSA) is 57.5 Å². The van der Waals surface area contributed by atoms with E-state index in [9.17, 15) is 9.90 Å². The highest BCUT2D eigenvalue weighted by atomic mass is 16.4. The predicted molar refractivity (Wildman–Crippen MR) is 60.4 cm³/mol. The van der Waals surface area contributed by atoms with E-state index in [1.54, 1.807) is 0 Å². The predicted octanol–water partition coefficient (Wildman–Crippen LogP) is 1.64. The average molecular weight is 220 g/mol. The van der Waals surface area contributed by atoms with Gasteiger partial charge in [-0.2, -0.15) is 0 Å². The number of aryl methyl sites for hydroxylation is 2. The summed E-state index contributed by atoms with van der Waals surface area (Å²) in [6.45, 7) is 3.92. The molecule has 1 aliphatic carbocycles. The first-order chi connectivity index (χ1) is 7.52. The fourth-order valence-corrected chi connectivity index (χ4v) is 2.31. The summed E-state index contributed by atoms with van der Waals surface area (Å²) in [5.74, 6) is -0.957. The van der Waals surface area contributed by atoms with Crippen molar-refractivity contribution in [1.82, 2.24) is 0 Å². The van der Waals surface area contributed by atoms with Gasteiger partial charge in [-0.05, 0) is 37.0 Å². The summed E-state index contributed by atoms with van der Waals surface area (Å²) in [5.41, 5.74) is 2.24. The molecule has 2 rings (SSSR count). The smallest absolute Gasteiger partial charge is 0.314 e. The lowest BCUT2D eigenvalue weighted by Gasteiger charge is -2.14. The molecule has 2 atom stereocenters. The van der Waals surface area contributed by atoms with E-state index in [4.69, 9.17) is 5.11 Å². The minimum Gasteiger partial charge on any atom is -0.481 e. The molecule has 0 radical (unpaired) electrons. The normalized spacial score (nSPS) is 27.8. The highest BCUT2D eigenvalue weighted by Crippen LogP contribution is 2.54. The summed E-state index contributed by atoms with van der Waals surface area (Å²) in [7, 11) is 0. The molecule has 0 spiro atoms. The van der Waals surface area contributed by atoms with Crippen LogP contribution in [0.4, 0.5) is 0 Å². The van der Waals surface area contributed by atoms with Crippen LogP contribution in [0, 0.1) is 19.8 Å². The Bertz CT molecular complexity index is 439. The Hall–Kier alpha value is -1.35. The van der Waals surface area contributed by atoms with Gasteiger partial charge in [0.05, 0.1) is 5.41 Å². The summed E-state index contributed by atoms with van der Waals surface area (Å²) >= 11 is 0. The van der Waals surface area contributed by atoms with Crippen molar-refractivity contribution in [3.05, 3.63) is 34.9 Å². The number of aliphatic carboxylic acids is 1. The van der Waals surface area contributed by atoms with Gasteiger partial charge in [-0.25, -0.2) is 0 Å². The lowest BCUT2D eigenvalue weighted by atomic mass is 9.91. The number of aliphatic hydroxyl groups excluding tert-OH is 1. The molecule has 2 N–H and O–H groups in total. The molecule has 1 saturated carbocycles. The molecule has 1 fully saturated rings. The fourth-order valence-electron chi connectivity index (χ4n) is 2.31. The molecule has 0 saturated heterocycles. The Morgan fingerprint density at radius 2 is 2.12 bits per heavy atom. The van der Waals surface area contributed by atoms with Gasteiger partial charge in [0.2, 0.25) is 0 Å². The van der Waals surface area contributed by atoms with Crippen molar-refractivity contribution in [1.29, 1.82) is 0 Å². The van der Waals surface area contributed by atoms with E-state index in [0.29, 0.717) is 6.42 Å². The van der Waals surface area contributed by atoms with Crippen LogP contribution < -0.4 is 0 Å². The first kappa shape index (κ1) is 11.1. The zero-order chi connectivity index (χ0) is 11.9. The fraction of sp³-hybridized carbons (Fsp3) is 0.462.